The van der Waals surface area contributed by atoms with Crippen LogP contribution in [-0.4, -0.2) is 17.0 Å². The molecule has 0 aliphatic carbocycles. The summed E-state index contributed by atoms with van der Waals surface area (Å²) < 4.78 is 0. The Morgan fingerprint density at radius 1 is 1.28 bits per heavy atom. The van der Waals surface area contributed by atoms with Crippen molar-refractivity contribution in [2.45, 2.75) is 13.5 Å². The Morgan fingerprint density at radius 2 is 2.00 bits per heavy atom. The van der Waals surface area contributed by atoms with Gasteiger partial charge in [0.15, 0.2) is 0 Å². The van der Waals surface area contributed by atoms with Gasteiger partial charge in [-0.1, -0.05) is 23.2 Å². The number of hydrogen-bond donors (Lipinski definition) is 2. The van der Waals surface area contributed by atoms with Crippen LogP contribution in [0, 0.1) is 6.92 Å². The van der Waals surface area contributed by atoms with E-state index in [-0.39, 0.29) is 0 Å². The van der Waals surface area contributed by atoms with E-state index < -0.39 is 0 Å². The van der Waals surface area contributed by atoms with Gasteiger partial charge in [-0.05, 0) is 13.0 Å². The van der Waals surface area contributed by atoms with Crippen molar-refractivity contribution in [2.75, 3.05) is 17.7 Å². The van der Waals surface area contributed by atoms with Crippen LogP contribution in [-0.2, 0) is 6.54 Å². The first-order valence-corrected chi connectivity index (χ1v) is 6.86. The molecule has 0 spiro atoms. The third-order valence-corrected chi connectivity index (χ3v) is 3.75. The van der Waals surface area contributed by atoms with Crippen LogP contribution in [0.4, 0.5) is 11.6 Å². The molecule has 4 nitrogen and oxygen atoms in total. The molecule has 0 saturated heterocycles. The van der Waals surface area contributed by atoms with E-state index in [1.54, 1.807) is 24.5 Å². The lowest BCUT2D eigenvalue weighted by molar-refractivity contribution is 1.13. The number of aromatic nitrogens is 2. The molecule has 7 heteroatoms. The van der Waals surface area contributed by atoms with Crippen LogP contribution >= 0.6 is 34.5 Å². The van der Waals surface area contributed by atoms with Crippen molar-refractivity contribution in [1.29, 1.82) is 0 Å². The fourth-order valence-electron chi connectivity index (χ4n) is 1.42. The fraction of sp³-hybridized carbons (Fsp3) is 0.273. The van der Waals surface area contributed by atoms with E-state index in [1.807, 2.05) is 13.1 Å². The number of halogens is 2. The third-order valence-electron chi connectivity index (χ3n) is 2.27. The van der Waals surface area contributed by atoms with E-state index in [1.165, 1.54) is 0 Å². The first kappa shape index (κ1) is 13.4. The lowest BCUT2D eigenvalue weighted by Gasteiger charge is -2.09. The third kappa shape index (κ3) is 3.04. The predicted octanol–water partition coefficient (Wildman–Crippen LogP) is 3.81. The quantitative estimate of drug-likeness (QED) is 0.902. The molecule has 0 fully saturated rings. The van der Waals surface area contributed by atoms with Gasteiger partial charge in [-0.25, -0.2) is 9.97 Å². The van der Waals surface area contributed by atoms with E-state index in [0.717, 1.165) is 9.88 Å². The molecule has 0 aliphatic heterocycles. The zero-order valence-electron chi connectivity index (χ0n) is 9.92. The van der Waals surface area contributed by atoms with Gasteiger partial charge in [-0.3, -0.25) is 0 Å². The Labute approximate surface area is 119 Å². The number of hydrogen-bond acceptors (Lipinski definition) is 5. The second-order valence-electron chi connectivity index (χ2n) is 3.60. The molecule has 2 N–H and O–H groups in total. The highest BCUT2D eigenvalue weighted by Gasteiger charge is 2.08. The maximum atomic E-state index is 6.08. The van der Waals surface area contributed by atoms with Crippen LogP contribution < -0.4 is 10.6 Å². The predicted molar refractivity (Wildman–Crippen MR) is 78.0 cm³/mol. The maximum absolute atomic E-state index is 6.08. The molecule has 0 saturated carbocycles. The molecular formula is C11H12Cl2N4S. The van der Waals surface area contributed by atoms with E-state index in [4.69, 9.17) is 23.2 Å². The van der Waals surface area contributed by atoms with Crippen molar-refractivity contribution in [3.05, 3.63) is 32.2 Å². The lowest BCUT2D eigenvalue weighted by Crippen LogP contribution is -2.03. The van der Waals surface area contributed by atoms with Gasteiger partial charge < -0.3 is 10.6 Å². The Bertz CT molecular complexity index is 556. The lowest BCUT2D eigenvalue weighted by atomic mass is 10.4. The number of pyridine rings is 1. The summed E-state index contributed by atoms with van der Waals surface area (Å²) >= 11 is 13.7. The summed E-state index contributed by atoms with van der Waals surface area (Å²) in [6, 6.07) is 1.67. The number of nitrogens with one attached hydrogen (secondary N) is 2. The fourth-order valence-corrected chi connectivity index (χ4v) is 2.68. The summed E-state index contributed by atoms with van der Waals surface area (Å²) in [4.78, 5) is 9.63. The molecule has 0 atom stereocenters. The molecule has 0 aliphatic rings. The molecule has 0 bridgehead atoms. The van der Waals surface area contributed by atoms with Crippen molar-refractivity contribution in [1.82, 2.24) is 9.97 Å². The van der Waals surface area contributed by atoms with Crippen LogP contribution in [0.5, 0.6) is 0 Å². The van der Waals surface area contributed by atoms with Gasteiger partial charge in [0.25, 0.3) is 0 Å². The summed E-state index contributed by atoms with van der Waals surface area (Å²) in [5.41, 5.74) is 0. The van der Waals surface area contributed by atoms with Gasteiger partial charge in [-0.15, -0.1) is 11.3 Å². The van der Waals surface area contributed by atoms with Crippen LogP contribution in [0.1, 0.15) is 9.88 Å². The number of nitrogens with zero attached hydrogens (tertiary/aromatic N) is 2. The summed E-state index contributed by atoms with van der Waals surface area (Å²) in [7, 11) is 1.76. The molecule has 18 heavy (non-hydrogen) atoms. The Balaban J connectivity index is 2.13. The number of aryl methyl sites for hydroxylation is 1. The smallest absolute Gasteiger partial charge is 0.147 e. The first-order chi connectivity index (χ1) is 8.60. The zero-order chi connectivity index (χ0) is 13.1. The van der Waals surface area contributed by atoms with Crippen molar-refractivity contribution in [3.63, 3.8) is 0 Å². The van der Waals surface area contributed by atoms with Crippen LogP contribution in [0.3, 0.4) is 0 Å². The second kappa shape index (κ2) is 5.73. The summed E-state index contributed by atoms with van der Waals surface area (Å²) in [5, 5.41) is 8.13. The molecule has 0 aromatic carbocycles. The molecular weight excluding hydrogens is 291 g/mol. The van der Waals surface area contributed by atoms with E-state index in [2.05, 4.69) is 20.6 Å². The second-order valence-corrected chi connectivity index (χ2v) is 5.73. The minimum absolute atomic E-state index is 0.500. The normalized spacial score (nSPS) is 10.4. The molecule has 96 valence electrons. The van der Waals surface area contributed by atoms with E-state index >= 15 is 0 Å². The van der Waals surface area contributed by atoms with E-state index in [9.17, 15) is 0 Å². The monoisotopic (exact) mass is 302 g/mol. The number of anilines is 2. The SMILES string of the molecule is CNc1nc(NCc2cnc(C)s2)c(Cl)cc1Cl. The average Bonchev–Trinajstić information content (AvgIpc) is 2.74. The van der Waals surface area contributed by atoms with Crippen molar-refractivity contribution in [3.8, 4) is 0 Å². The Kier molecular flexibility index (Phi) is 4.27. The van der Waals surface area contributed by atoms with Gasteiger partial charge in [-0.2, -0.15) is 0 Å². The van der Waals surface area contributed by atoms with Crippen molar-refractivity contribution in [2.24, 2.45) is 0 Å². The number of rotatable bonds is 4. The van der Waals surface area contributed by atoms with Gasteiger partial charge in [0.05, 0.1) is 21.6 Å². The summed E-state index contributed by atoms with van der Waals surface area (Å²) in [6.07, 6.45) is 1.84. The maximum Gasteiger partial charge on any atom is 0.147 e. The first-order valence-electron chi connectivity index (χ1n) is 5.29. The highest BCUT2D eigenvalue weighted by molar-refractivity contribution is 7.11. The van der Waals surface area contributed by atoms with Crippen LogP contribution in [0.2, 0.25) is 10.0 Å². The molecule has 0 radical (unpaired) electrons. The number of thiazole rings is 1. The molecule has 0 amide bonds. The topological polar surface area (TPSA) is 49.8 Å². The molecule has 2 rings (SSSR count). The van der Waals surface area contributed by atoms with Crippen LogP contribution in [0.25, 0.3) is 0 Å². The summed E-state index contributed by atoms with van der Waals surface area (Å²) in [6.45, 7) is 2.61. The minimum atomic E-state index is 0.500. The average molecular weight is 303 g/mol. The van der Waals surface area contributed by atoms with Crippen molar-refractivity contribution < 1.29 is 0 Å². The minimum Gasteiger partial charge on any atom is -0.372 e. The van der Waals surface area contributed by atoms with Gasteiger partial charge in [0, 0.05) is 18.1 Å². The molecule has 2 aromatic heterocycles. The molecule has 2 heterocycles. The standard InChI is InChI=1S/C11H12Cl2N4S/c1-6-15-4-7(18-6)5-16-11-9(13)3-8(12)10(14-2)17-11/h3-4H,5H2,1-2H3,(H2,14,16,17). The highest BCUT2D eigenvalue weighted by atomic mass is 35.5. The van der Waals surface area contributed by atoms with E-state index in [0.29, 0.717) is 28.2 Å². The summed E-state index contributed by atoms with van der Waals surface area (Å²) in [5.74, 6) is 1.21. The highest BCUT2D eigenvalue weighted by Crippen LogP contribution is 2.29. The van der Waals surface area contributed by atoms with Crippen molar-refractivity contribution >= 4 is 46.2 Å². The molecule has 0 unspecified atom stereocenters. The molecule has 2 aromatic rings. The largest absolute Gasteiger partial charge is 0.372 e. The Morgan fingerprint density at radius 3 is 2.61 bits per heavy atom. The Hall–Kier alpha value is -1.04. The van der Waals surface area contributed by atoms with Gasteiger partial charge in [0.1, 0.15) is 11.6 Å². The van der Waals surface area contributed by atoms with Crippen LogP contribution in [0.15, 0.2) is 12.3 Å². The zero-order valence-corrected chi connectivity index (χ0v) is 12.2. The van der Waals surface area contributed by atoms with Gasteiger partial charge >= 0.3 is 0 Å². The van der Waals surface area contributed by atoms with Gasteiger partial charge in [0.2, 0.25) is 0 Å².